The van der Waals surface area contributed by atoms with Gasteiger partial charge in [0.2, 0.25) is 11.8 Å². The van der Waals surface area contributed by atoms with Gasteiger partial charge in [0.1, 0.15) is 0 Å². The second kappa shape index (κ2) is 5.04. The molecule has 0 atom stereocenters. The predicted octanol–water partition coefficient (Wildman–Crippen LogP) is 2.25. The summed E-state index contributed by atoms with van der Waals surface area (Å²) in [7, 11) is 0. The lowest BCUT2D eigenvalue weighted by Crippen LogP contribution is -2.46. The topological polar surface area (TPSA) is 92.1 Å². The molecule has 0 bridgehead atoms. The van der Waals surface area contributed by atoms with Crippen molar-refractivity contribution in [2.45, 2.75) is 26.7 Å². The van der Waals surface area contributed by atoms with E-state index < -0.39 is 0 Å². The van der Waals surface area contributed by atoms with E-state index in [1.165, 1.54) is 4.90 Å². The number of nitrogens with zero attached hydrogens (tertiary/aromatic N) is 2. The van der Waals surface area contributed by atoms with Crippen molar-refractivity contribution < 1.29 is 9.59 Å². The fourth-order valence-electron chi connectivity index (χ4n) is 2.62. The van der Waals surface area contributed by atoms with Gasteiger partial charge in [-0.15, -0.1) is 12.4 Å². The van der Waals surface area contributed by atoms with E-state index in [0.717, 1.165) is 0 Å². The molecule has 7 heteroatoms. The van der Waals surface area contributed by atoms with Gasteiger partial charge >= 0.3 is 0 Å². The van der Waals surface area contributed by atoms with E-state index in [1.807, 2.05) is 13.8 Å². The number of amides is 2. The number of imidazole rings is 1. The number of hydrogen-bond acceptors (Lipinski definition) is 4. The normalized spacial score (nSPS) is 17.9. The Labute approximate surface area is 128 Å². The maximum Gasteiger partial charge on any atom is 0.234 e. The molecule has 0 unspecified atom stereocenters. The molecule has 1 aliphatic rings. The Bertz CT molecular complexity index is 703. The summed E-state index contributed by atoms with van der Waals surface area (Å²) in [6.07, 6.45) is 0.726. The minimum atomic E-state index is -0.271. The van der Waals surface area contributed by atoms with Gasteiger partial charge in [0.15, 0.2) is 5.95 Å². The summed E-state index contributed by atoms with van der Waals surface area (Å²) in [5.74, 6) is -0.0224. The Morgan fingerprint density at radius 1 is 1.24 bits per heavy atom. The Kier molecular flexibility index (Phi) is 3.67. The second-order valence-corrected chi connectivity index (χ2v) is 5.96. The summed E-state index contributed by atoms with van der Waals surface area (Å²) in [6, 6.07) is 5.20. The molecule has 3 rings (SSSR count). The van der Waals surface area contributed by atoms with Crippen LogP contribution in [0.15, 0.2) is 18.2 Å². The van der Waals surface area contributed by atoms with Gasteiger partial charge in [0, 0.05) is 12.8 Å². The molecule has 3 N–H and O–H groups in total. The first-order valence-electron chi connectivity index (χ1n) is 6.47. The standard InChI is InChI=1S/C14H16N4O2.ClH/c1-14(2)6-11(19)18(12(20)7-14)8-3-4-9-10(5-8)17-13(15)16-9;/h3-5H,6-7H2,1-2H3,(H3,15,16,17);1H. The molecule has 2 heterocycles. The van der Waals surface area contributed by atoms with Crippen LogP contribution in [0.25, 0.3) is 11.0 Å². The molecule has 2 aromatic rings. The highest BCUT2D eigenvalue weighted by molar-refractivity contribution is 6.17. The maximum atomic E-state index is 12.2. The van der Waals surface area contributed by atoms with Crippen LogP contribution in [-0.2, 0) is 9.59 Å². The van der Waals surface area contributed by atoms with E-state index in [2.05, 4.69) is 9.97 Å². The Hall–Kier alpha value is -2.08. The summed E-state index contributed by atoms with van der Waals surface area (Å²) in [6.45, 7) is 3.86. The molecule has 0 saturated carbocycles. The second-order valence-electron chi connectivity index (χ2n) is 5.96. The van der Waals surface area contributed by atoms with Crippen LogP contribution in [0, 0.1) is 5.41 Å². The Balaban J connectivity index is 0.00000161. The number of carbonyl (C=O) groups is 2. The number of anilines is 2. The molecule has 1 aliphatic heterocycles. The number of fused-ring (bicyclic) bond motifs is 1. The van der Waals surface area contributed by atoms with Gasteiger partial charge in [-0.05, 0) is 23.6 Å². The number of carbonyl (C=O) groups excluding carboxylic acids is 2. The Morgan fingerprint density at radius 2 is 1.86 bits per heavy atom. The number of nitrogens with two attached hydrogens (primary N) is 1. The minimum Gasteiger partial charge on any atom is -0.369 e. The zero-order chi connectivity index (χ0) is 14.5. The van der Waals surface area contributed by atoms with E-state index >= 15 is 0 Å². The summed E-state index contributed by atoms with van der Waals surface area (Å²) < 4.78 is 0. The first-order valence-corrected chi connectivity index (χ1v) is 6.47. The van der Waals surface area contributed by atoms with Crippen molar-refractivity contribution >= 4 is 46.9 Å². The van der Waals surface area contributed by atoms with E-state index in [9.17, 15) is 9.59 Å². The number of imide groups is 1. The van der Waals surface area contributed by atoms with Gasteiger partial charge in [0.25, 0.3) is 0 Å². The van der Waals surface area contributed by atoms with Gasteiger partial charge in [-0.2, -0.15) is 0 Å². The fraction of sp³-hybridized carbons (Fsp3) is 0.357. The fourth-order valence-corrected chi connectivity index (χ4v) is 2.62. The first kappa shape index (κ1) is 15.3. The number of piperidine rings is 1. The van der Waals surface area contributed by atoms with Crippen molar-refractivity contribution in [2.24, 2.45) is 5.41 Å². The van der Waals surface area contributed by atoms with Gasteiger partial charge in [0.05, 0.1) is 16.7 Å². The molecule has 0 spiro atoms. The van der Waals surface area contributed by atoms with Crippen LogP contribution in [-0.4, -0.2) is 21.8 Å². The third kappa shape index (κ3) is 2.71. The molecular formula is C14H17ClN4O2. The lowest BCUT2D eigenvalue weighted by atomic mass is 9.81. The van der Waals surface area contributed by atoms with Crippen LogP contribution in [0.4, 0.5) is 11.6 Å². The van der Waals surface area contributed by atoms with E-state index in [-0.39, 0.29) is 29.6 Å². The van der Waals surface area contributed by atoms with E-state index in [1.54, 1.807) is 18.2 Å². The van der Waals surface area contributed by atoms with Crippen molar-refractivity contribution in [3.05, 3.63) is 18.2 Å². The van der Waals surface area contributed by atoms with Crippen LogP contribution < -0.4 is 10.6 Å². The lowest BCUT2D eigenvalue weighted by molar-refractivity contribution is -0.132. The third-order valence-electron chi connectivity index (χ3n) is 3.50. The minimum absolute atomic E-state index is 0. The summed E-state index contributed by atoms with van der Waals surface area (Å²) in [4.78, 5) is 32.7. The van der Waals surface area contributed by atoms with Crippen molar-refractivity contribution in [1.82, 2.24) is 9.97 Å². The van der Waals surface area contributed by atoms with Gasteiger partial charge in [-0.25, -0.2) is 4.98 Å². The predicted molar refractivity (Wildman–Crippen MR) is 83.3 cm³/mol. The highest BCUT2D eigenvalue weighted by Crippen LogP contribution is 2.34. The number of H-pyrrole nitrogens is 1. The average molecular weight is 309 g/mol. The molecule has 1 aromatic heterocycles. The number of nitrogen functional groups attached to an aromatic ring is 1. The summed E-state index contributed by atoms with van der Waals surface area (Å²) in [5.41, 5.74) is 7.31. The van der Waals surface area contributed by atoms with Crippen molar-refractivity contribution in [3.8, 4) is 0 Å². The molecule has 1 aromatic carbocycles. The first-order chi connectivity index (χ1) is 9.35. The van der Waals surface area contributed by atoms with Gasteiger partial charge < -0.3 is 10.7 Å². The molecule has 21 heavy (non-hydrogen) atoms. The average Bonchev–Trinajstić information content (AvgIpc) is 2.65. The van der Waals surface area contributed by atoms with Crippen molar-refractivity contribution in [2.75, 3.05) is 10.6 Å². The van der Waals surface area contributed by atoms with Crippen molar-refractivity contribution in [3.63, 3.8) is 0 Å². The number of aromatic nitrogens is 2. The SMILES string of the molecule is CC1(C)CC(=O)N(c2ccc3nc(N)[nH]c3c2)C(=O)C1.Cl. The smallest absolute Gasteiger partial charge is 0.234 e. The van der Waals surface area contributed by atoms with Crippen molar-refractivity contribution in [1.29, 1.82) is 0 Å². The molecule has 0 aliphatic carbocycles. The molecule has 112 valence electrons. The molecular weight excluding hydrogens is 292 g/mol. The summed E-state index contributed by atoms with van der Waals surface area (Å²) in [5, 5.41) is 0. The number of nitrogens with one attached hydrogen (secondary N) is 1. The lowest BCUT2D eigenvalue weighted by Gasteiger charge is -2.34. The molecule has 0 radical (unpaired) electrons. The van der Waals surface area contributed by atoms with Gasteiger partial charge in [-0.3, -0.25) is 14.5 Å². The molecule has 1 saturated heterocycles. The van der Waals surface area contributed by atoms with E-state index in [0.29, 0.717) is 35.5 Å². The van der Waals surface area contributed by atoms with Crippen LogP contribution in [0.5, 0.6) is 0 Å². The number of rotatable bonds is 1. The highest BCUT2D eigenvalue weighted by Gasteiger charge is 2.38. The van der Waals surface area contributed by atoms with Crippen LogP contribution in [0.2, 0.25) is 0 Å². The number of halogens is 1. The van der Waals surface area contributed by atoms with Gasteiger partial charge in [-0.1, -0.05) is 13.8 Å². The number of aromatic amines is 1. The quantitative estimate of drug-likeness (QED) is 0.790. The third-order valence-corrected chi connectivity index (χ3v) is 3.50. The largest absolute Gasteiger partial charge is 0.369 e. The zero-order valence-corrected chi connectivity index (χ0v) is 12.7. The summed E-state index contributed by atoms with van der Waals surface area (Å²) >= 11 is 0. The monoisotopic (exact) mass is 308 g/mol. The van der Waals surface area contributed by atoms with E-state index in [4.69, 9.17) is 5.73 Å². The van der Waals surface area contributed by atoms with Crippen LogP contribution >= 0.6 is 12.4 Å². The number of benzene rings is 1. The molecule has 6 nitrogen and oxygen atoms in total. The molecule has 2 amide bonds. The maximum absolute atomic E-state index is 12.2. The zero-order valence-electron chi connectivity index (χ0n) is 11.8. The molecule has 1 fully saturated rings. The van der Waals surface area contributed by atoms with Crippen LogP contribution in [0.1, 0.15) is 26.7 Å². The highest BCUT2D eigenvalue weighted by atomic mass is 35.5. The van der Waals surface area contributed by atoms with Crippen LogP contribution in [0.3, 0.4) is 0 Å². The Morgan fingerprint density at radius 3 is 2.48 bits per heavy atom. The number of hydrogen-bond donors (Lipinski definition) is 2.